The van der Waals surface area contributed by atoms with E-state index in [2.05, 4.69) is 22.0 Å². The fourth-order valence-electron chi connectivity index (χ4n) is 3.05. The molecule has 0 saturated carbocycles. The second kappa shape index (κ2) is 6.05. The van der Waals surface area contributed by atoms with Crippen LogP contribution in [-0.4, -0.2) is 13.0 Å². The summed E-state index contributed by atoms with van der Waals surface area (Å²) in [6.07, 6.45) is 0.795. The van der Waals surface area contributed by atoms with E-state index in [1.54, 1.807) is 18.1 Å². The van der Waals surface area contributed by atoms with Crippen molar-refractivity contribution < 1.29 is 9.53 Å². The van der Waals surface area contributed by atoms with E-state index in [9.17, 15) is 10.1 Å². The molecular formula is C18H15BrN2O2. The molecule has 1 heterocycles. The molecule has 116 valence electrons. The molecule has 1 amide bonds. The van der Waals surface area contributed by atoms with Gasteiger partial charge in [-0.2, -0.15) is 5.26 Å². The third-order valence-corrected chi connectivity index (χ3v) is 4.69. The van der Waals surface area contributed by atoms with Crippen molar-refractivity contribution in [3.05, 3.63) is 58.6 Å². The number of rotatable bonds is 3. The molecule has 3 rings (SSSR count). The number of hydrogen-bond acceptors (Lipinski definition) is 3. The lowest BCUT2D eigenvalue weighted by atomic mass is 9.88. The van der Waals surface area contributed by atoms with E-state index in [0.717, 1.165) is 10.0 Å². The van der Waals surface area contributed by atoms with Crippen molar-refractivity contribution in [3.63, 3.8) is 0 Å². The summed E-state index contributed by atoms with van der Waals surface area (Å²) in [5.74, 6) is 0.512. The van der Waals surface area contributed by atoms with Gasteiger partial charge >= 0.3 is 0 Å². The Hall–Kier alpha value is -2.32. The molecule has 4 nitrogen and oxygen atoms in total. The van der Waals surface area contributed by atoms with Crippen LogP contribution in [0, 0.1) is 11.3 Å². The van der Waals surface area contributed by atoms with Gasteiger partial charge in [-0.25, -0.2) is 0 Å². The topological polar surface area (TPSA) is 53.3 Å². The van der Waals surface area contributed by atoms with Gasteiger partial charge in [0.2, 0.25) is 5.91 Å². The number of halogens is 1. The summed E-state index contributed by atoms with van der Waals surface area (Å²) in [4.78, 5) is 14.1. The summed E-state index contributed by atoms with van der Waals surface area (Å²) in [6.45, 7) is 0. The predicted molar refractivity (Wildman–Crippen MR) is 91.1 cm³/mol. The zero-order chi connectivity index (χ0) is 16.4. The minimum Gasteiger partial charge on any atom is -0.495 e. The van der Waals surface area contributed by atoms with Gasteiger partial charge in [-0.15, -0.1) is 0 Å². The van der Waals surface area contributed by atoms with E-state index >= 15 is 0 Å². The molecule has 23 heavy (non-hydrogen) atoms. The van der Waals surface area contributed by atoms with Crippen molar-refractivity contribution in [2.45, 2.75) is 18.4 Å². The molecule has 5 heteroatoms. The normalized spacial score (nSPS) is 20.4. The first kappa shape index (κ1) is 15.6. The standard InChI is InChI=1S/C18H15BrN2O2/c1-23-16-5-3-2-4-15(16)21-17(22)10-11-18(21,12-20)13-6-8-14(19)9-7-13/h2-9H,10-11H2,1H3/t18-/m0/s1. The molecule has 0 spiro atoms. The Morgan fingerprint density at radius 2 is 1.91 bits per heavy atom. The Morgan fingerprint density at radius 1 is 1.22 bits per heavy atom. The molecule has 1 saturated heterocycles. The van der Waals surface area contributed by atoms with Crippen molar-refractivity contribution in [3.8, 4) is 11.8 Å². The van der Waals surface area contributed by atoms with Crippen molar-refractivity contribution in [2.24, 2.45) is 0 Å². The Labute approximate surface area is 143 Å². The molecule has 1 fully saturated rings. The highest BCUT2D eigenvalue weighted by Gasteiger charge is 2.48. The van der Waals surface area contributed by atoms with Gasteiger partial charge in [-0.1, -0.05) is 40.2 Å². The molecule has 0 radical (unpaired) electrons. The summed E-state index contributed by atoms with van der Waals surface area (Å²) in [5.41, 5.74) is 0.425. The highest BCUT2D eigenvalue weighted by molar-refractivity contribution is 9.10. The van der Waals surface area contributed by atoms with Crippen molar-refractivity contribution >= 4 is 27.5 Å². The van der Waals surface area contributed by atoms with Gasteiger partial charge in [0.05, 0.1) is 18.9 Å². The van der Waals surface area contributed by atoms with Gasteiger partial charge in [0.25, 0.3) is 0 Å². The summed E-state index contributed by atoms with van der Waals surface area (Å²) in [7, 11) is 1.56. The minimum atomic E-state index is -1.01. The third-order valence-electron chi connectivity index (χ3n) is 4.16. The summed E-state index contributed by atoms with van der Waals surface area (Å²) < 4.78 is 6.32. The van der Waals surface area contributed by atoms with Gasteiger partial charge in [-0.05, 0) is 36.2 Å². The maximum absolute atomic E-state index is 12.6. The number of hydrogen-bond donors (Lipinski definition) is 0. The van der Waals surface area contributed by atoms with Crippen LogP contribution in [0.3, 0.4) is 0 Å². The van der Waals surface area contributed by atoms with Crippen LogP contribution in [0.4, 0.5) is 5.69 Å². The molecule has 0 unspecified atom stereocenters. The third kappa shape index (κ3) is 2.49. The first-order chi connectivity index (χ1) is 11.1. The highest BCUT2D eigenvalue weighted by Crippen LogP contribution is 2.45. The Kier molecular flexibility index (Phi) is 4.10. The predicted octanol–water partition coefficient (Wildman–Crippen LogP) is 4.00. The average molecular weight is 371 g/mol. The van der Waals surface area contributed by atoms with Crippen LogP contribution in [0.15, 0.2) is 53.0 Å². The van der Waals surface area contributed by atoms with Crippen LogP contribution in [0.5, 0.6) is 5.75 Å². The Bertz CT molecular complexity index is 782. The minimum absolute atomic E-state index is 0.0704. The lowest BCUT2D eigenvalue weighted by molar-refractivity contribution is -0.117. The number of amides is 1. The van der Waals surface area contributed by atoms with E-state index < -0.39 is 5.54 Å². The molecule has 0 aliphatic carbocycles. The monoisotopic (exact) mass is 370 g/mol. The molecule has 0 aromatic heterocycles. The summed E-state index contributed by atoms with van der Waals surface area (Å²) in [5, 5.41) is 9.96. The first-order valence-corrected chi connectivity index (χ1v) is 8.05. The van der Waals surface area contributed by atoms with Crippen LogP contribution in [0.25, 0.3) is 0 Å². The number of para-hydroxylation sites is 2. The van der Waals surface area contributed by atoms with Crippen LogP contribution in [-0.2, 0) is 10.3 Å². The molecule has 2 aromatic rings. The van der Waals surface area contributed by atoms with Crippen LogP contribution in [0.2, 0.25) is 0 Å². The van der Waals surface area contributed by atoms with E-state index in [-0.39, 0.29) is 5.91 Å². The highest BCUT2D eigenvalue weighted by atomic mass is 79.9. The van der Waals surface area contributed by atoms with Crippen molar-refractivity contribution in [2.75, 3.05) is 12.0 Å². The molecule has 2 aromatic carbocycles. The van der Waals surface area contributed by atoms with Crippen LogP contribution < -0.4 is 9.64 Å². The quantitative estimate of drug-likeness (QED) is 0.820. The Balaban J connectivity index is 2.18. The van der Waals surface area contributed by atoms with E-state index in [1.165, 1.54) is 0 Å². The Morgan fingerprint density at radius 3 is 2.57 bits per heavy atom. The van der Waals surface area contributed by atoms with Gasteiger partial charge in [0.1, 0.15) is 5.75 Å². The molecule has 1 aliphatic heterocycles. The van der Waals surface area contributed by atoms with E-state index in [0.29, 0.717) is 24.3 Å². The summed E-state index contributed by atoms with van der Waals surface area (Å²) >= 11 is 3.40. The first-order valence-electron chi connectivity index (χ1n) is 7.26. The number of nitriles is 1. The van der Waals surface area contributed by atoms with Gasteiger partial charge in [0, 0.05) is 10.9 Å². The number of carbonyl (C=O) groups is 1. The number of carbonyl (C=O) groups excluding carboxylic acids is 1. The number of nitrogens with zero attached hydrogens (tertiary/aromatic N) is 2. The molecule has 0 N–H and O–H groups in total. The number of methoxy groups -OCH3 is 1. The van der Waals surface area contributed by atoms with Crippen molar-refractivity contribution in [1.29, 1.82) is 5.26 Å². The fourth-order valence-corrected chi connectivity index (χ4v) is 3.31. The van der Waals surface area contributed by atoms with Crippen molar-refractivity contribution in [1.82, 2.24) is 0 Å². The smallest absolute Gasteiger partial charge is 0.228 e. The summed E-state index contributed by atoms with van der Waals surface area (Å²) in [6, 6.07) is 17.2. The largest absolute Gasteiger partial charge is 0.495 e. The average Bonchev–Trinajstić information content (AvgIpc) is 2.93. The number of ether oxygens (including phenoxy) is 1. The fraction of sp³-hybridized carbons (Fsp3) is 0.222. The van der Waals surface area contributed by atoms with Gasteiger partial charge < -0.3 is 4.74 Å². The molecule has 0 bridgehead atoms. The lowest BCUT2D eigenvalue weighted by Gasteiger charge is -2.33. The number of benzene rings is 2. The number of anilines is 1. The maximum Gasteiger partial charge on any atom is 0.228 e. The van der Waals surface area contributed by atoms with E-state index in [1.807, 2.05) is 42.5 Å². The molecule has 1 aliphatic rings. The van der Waals surface area contributed by atoms with Crippen LogP contribution in [0.1, 0.15) is 18.4 Å². The maximum atomic E-state index is 12.6. The molecular weight excluding hydrogens is 356 g/mol. The second-order valence-corrected chi connectivity index (χ2v) is 6.30. The van der Waals surface area contributed by atoms with Gasteiger partial charge in [-0.3, -0.25) is 9.69 Å². The molecule has 1 atom stereocenters. The van der Waals surface area contributed by atoms with Crippen LogP contribution >= 0.6 is 15.9 Å². The SMILES string of the molecule is COc1ccccc1N1C(=O)CC[C@]1(C#N)c1ccc(Br)cc1. The van der Waals surface area contributed by atoms with Gasteiger partial charge in [0.15, 0.2) is 5.54 Å². The van der Waals surface area contributed by atoms with E-state index in [4.69, 9.17) is 4.74 Å². The second-order valence-electron chi connectivity index (χ2n) is 5.38. The zero-order valence-electron chi connectivity index (χ0n) is 12.6. The lowest BCUT2D eigenvalue weighted by Crippen LogP contribution is -2.42. The zero-order valence-corrected chi connectivity index (χ0v) is 14.2.